The molecule has 2 aromatic rings. The van der Waals surface area contributed by atoms with Crippen LogP contribution in [-0.4, -0.2) is 54.7 Å². The smallest absolute Gasteiger partial charge is 0.305 e. The molecule has 5 nitrogen and oxygen atoms in total. The quantitative estimate of drug-likeness (QED) is 0.811. The van der Waals surface area contributed by atoms with Crippen molar-refractivity contribution in [1.82, 2.24) is 9.88 Å². The molecule has 0 unspecified atom stereocenters. The summed E-state index contributed by atoms with van der Waals surface area (Å²) in [4.78, 5) is 19.7. The van der Waals surface area contributed by atoms with Gasteiger partial charge in [0.25, 0.3) is 0 Å². The maximum Gasteiger partial charge on any atom is 0.305 e. The van der Waals surface area contributed by atoms with Crippen LogP contribution in [0.3, 0.4) is 0 Å². The van der Waals surface area contributed by atoms with Crippen LogP contribution in [-0.2, 0) is 4.79 Å². The summed E-state index contributed by atoms with van der Waals surface area (Å²) in [6.45, 7) is 2.29. The number of benzene rings is 1. The number of aliphatic carboxylic acids is 1. The maximum atomic E-state index is 10.9. The van der Waals surface area contributed by atoms with E-state index in [9.17, 15) is 4.79 Å². The number of fused-ring (bicyclic) bond motifs is 1. The third-order valence-electron chi connectivity index (χ3n) is 3.58. The number of carbonyl (C=O) groups is 1. The highest BCUT2D eigenvalue weighted by molar-refractivity contribution is 5.90. The molecule has 118 valence electrons. The molecule has 0 fully saturated rings. The summed E-state index contributed by atoms with van der Waals surface area (Å²) in [5.74, 6) is -0.772. The summed E-state index contributed by atoms with van der Waals surface area (Å²) in [6, 6.07) is 9.99. The number of carboxylic acid groups (broad SMARTS) is 1. The first-order valence-electron chi connectivity index (χ1n) is 7.53. The number of nitrogens with zero attached hydrogens (tertiary/aromatic N) is 3. The molecule has 0 aliphatic heterocycles. The Kier molecular flexibility index (Phi) is 5.72. The van der Waals surface area contributed by atoms with Crippen LogP contribution < -0.4 is 4.90 Å². The van der Waals surface area contributed by atoms with Gasteiger partial charge in [-0.05, 0) is 39.2 Å². The average Bonchev–Trinajstić information content (AvgIpc) is 2.50. The van der Waals surface area contributed by atoms with E-state index in [1.807, 2.05) is 44.4 Å². The van der Waals surface area contributed by atoms with E-state index < -0.39 is 5.97 Å². The fourth-order valence-electron chi connectivity index (χ4n) is 2.50. The lowest BCUT2D eigenvalue weighted by molar-refractivity contribution is -0.136. The number of hydrogen-bond acceptors (Lipinski definition) is 4. The summed E-state index contributed by atoms with van der Waals surface area (Å²) in [6.07, 6.45) is 2.89. The SMILES string of the molecule is CN(C)CCCN(CCC(=O)O)c1cccc2cccnc12. The van der Waals surface area contributed by atoms with Gasteiger partial charge in [0.2, 0.25) is 0 Å². The fraction of sp³-hybridized carbons (Fsp3) is 0.412. The van der Waals surface area contributed by atoms with Gasteiger partial charge in [0, 0.05) is 24.7 Å². The second-order valence-electron chi connectivity index (χ2n) is 5.64. The molecule has 0 radical (unpaired) electrons. The monoisotopic (exact) mass is 301 g/mol. The Hall–Kier alpha value is -2.14. The van der Waals surface area contributed by atoms with Crippen LogP contribution in [0, 0.1) is 0 Å². The number of hydrogen-bond donors (Lipinski definition) is 1. The van der Waals surface area contributed by atoms with Crippen molar-refractivity contribution in [3.63, 3.8) is 0 Å². The Labute approximate surface area is 131 Å². The van der Waals surface area contributed by atoms with Gasteiger partial charge >= 0.3 is 5.97 Å². The summed E-state index contributed by atoms with van der Waals surface area (Å²) in [5.41, 5.74) is 1.94. The van der Waals surface area contributed by atoms with Gasteiger partial charge in [-0.25, -0.2) is 0 Å². The highest BCUT2D eigenvalue weighted by Gasteiger charge is 2.12. The van der Waals surface area contributed by atoms with Gasteiger partial charge in [0.15, 0.2) is 0 Å². The number of pyridine rings is 1. The lowest BCUT2D eigenvalue weighted by Crippen LogP contribution is -2.29. The molecule has 0 bridgehead atoms. The van der Waals surface area contributed by atoms with Crippen molar-refractivity contribution < 1.29 is 9.90 Å². The zero-order valence-electron chi connectivity index (χ0n) is 13.2. The number of rotatable bonds is 8. The van der Waals surface area contributed by atoms with Crippen molar-refractivity contribution in [3.8, 4) is 0 Å². The molecule has 0 amide bonds. The molecular formula is C17H23N3O2. The first-order chi connectivity index (χ1) is 10.6. The van der Waals surface area contributed by atoms with Gasteiger partial charge in [0.1, 0.15) is 0 Å². The molecular weight excluding hydrogens is 278 g/mol. The minimum atomic E-state index is -0.772. The molecule has 0 saturated carbocycles. The third-order valence-corrected chi connectivity index (χ3v) is 3.58. The van der Waals surface area contributed by atoms with Crippen LogP contribution in [0.15, 0.2) is 36.5 Å². The van der Waals surface area contributed by atoms with Crippen LogP contribution >= 0.6 is 0 Å². The Bertz CT molecular complexity index is 623. The van der Waals surface area contributed by atoms with Gasteiger partial charge in [-0.2, -0.15) is 0 Å². The van der Waals surface area contributed by atoms with E-state index in [-0.39, 0.29) is 6.42 Å². The Morgan fingerprint density at radius 2 is 1.91 bits per heavy atom. The van der Waals surface area contributed by atoms with Crippen molar-refractivity contribution in [2.75, 3.05) is 38.6 Å². The molecule has 1 heterocycles. The van der Waals surface area contributed by atoms with E-state index in [4.69, 9.17) is 5.11 Å². The second-order valence-corrected chi connectivity index (χ2v) is 5.64. The molecule has 0 saturated heterocycles. The molecule has 0 aliphatic rings. The molecule has 22 heavy (non-hydrogen) atoms. The highest BCUT2D eigenvalue weighted by Crippen LogP contribution is 2.25. The summed E-state index contributed by atoms with van der Waals surface area (Å²) in [7, 11) is 4.09. The normalized spacial score (nSPS) is 11.0. The Morgan fingerprint density at radius 3 is 2.64 bits per heavy atom. The zero-order valence-corrected chi connectivity index (χ0v) is 13.2. The van der Waals surface area contributed by atoms with E-state index in [2.05, 4.69) is 14.8 Å². The minimum Gasteiger partial charge on any atom is -0.481 e. The van der Waals surface area contributed by atoms with Crippen LogP contribution in [0.4, 0.5) is 5.69 Å². The molecule has 0 atom stereocenters. The Balaban J connectivity index is 2.23. The van der Waals surface area contributed by atoms with E-state index in [1.165, 1.54) is 0 Å². The lowest BCUT2D eigenvalue weighted by Gasteiger charge is -2.26. The molecule has 0 aliphatic carbocycles. The van der Waals surface area contributed by atoms with E-state index in [0.29, 0.717) is 6.54 Å². The fourth-order valence-corrected chi connectivity index (χ4v) is 2.50. The standard InChI is InChI=1S/C17H23N3O2/c1-19(2)11-5-12-20(13-9-16(21)22)15-8-3-6-14-7-4-10-18-17(14)15/h3-4,6-8,10H,5,9,11-13H2,1-2H3,(H,21,22). The summed E-state index contributed by atoms with van der Waals surface area (Å²) in [5, 5.41) is 10.1. The van der Waals surface area contributed by atoms with Crippen molar-refractivity contribution >= 4 is 22.6 Å². The number of anilines is 1. The lowest BCUT2D eigenvalue weighted by atomic mass is 10.1. The van der Waals surface area contributed by atoms with Gasteiger partial charge in [0.05, 0.1) is 17.6 Å². The van der Waals surface area contributed by atoms with Gasteiger partial charge in [-0.3, -0.25) is 9.78 Å². The summed E-state index contributed by atoms with van der Waals surface area (Å²) >= 11 is 0. The van der Waals surface area contributed by atoms with Crippen molar-refractivity contribution in [2.24, 2.45) is 0 Å². The highest BCUT2D eigenvalue weighted by atomic mass is 16.4. The Morgan fingerprint density at radius 1 is 1.14 bits per heavy atom. The summed E-state index contributed by atoms with van der Waals surface area (Å²) < 4.78 is 0. The molecule has 0 spiro atoms. The molecule has 2 rings (SSSR count). The van der Waals surface area contributed by atoms with E-state index in [1.54, 1.807) is 6.20 Å². The van der Waals surface area contributed by atoms with Crippen LogP contribution in [0.25, 0.3) is 10.9 Å². The van der Waals surface area contributed by atoms with Crippen LogP contribution in [0.5, 0.6) is 0 Å². The average molecular weight is 301 g/mol. The van der Waals surface area contributed by atoms with E-state index >= 15 is 0 Å². The molecule has 1 aromatic heterocycles. The third kappa shape index (κ3) is 4.43. The van der Waals surface area contributed by atoms with Crippen LogP contribution in [0.2, 0.25) is 0 Å². The number of aromatic nitrogens is 1. The molecule has 1 N–H and O–H groups in total. The zero-order chi connectivity index (χ0) is 15.9. The topological polar surface area (TPSA) is 56.7 Å². The minimum absolute atomic E-state index is 0.130. The predicted octanol–water partition coefficient (Wildman–Crippen LogP) is 2.47. The number of carboxylic acids is 1. The van der Waals surface area contributed by atoms with Crippen molar-refractivity contribution in [1.29, 1.82) is 0 Å². The van der Waals surface area contributed by atoms with Crippen molar-refractivity contribution in [2.45, 2.75) is 12.8 Å². The largest absolute Gasteiger partial charge is 0.481 e. The predicted molar refractivity (Wildman–Crippen MR) is 89.4 cm³/mol. The van der Waals surface area contributed by atoms with Crippen LogP contribution in [0.1, 0.15) is 12.8 Å². The molecule has 1 aromatic carbocycles. The van der Waals surface area contributed by atoms with Gasteiger partial charge in [-0.15, -0.1) is 0 Å². The van der Waals surface area contributed by atoms with Gasteiger partial charge < -0.3 is 14.9 Å². The molecule has 5 heteroatoms. The van der Waals surface area contributed by atoms with Gasteiger partial charge in [-0.1, -0.05) is 18.2 Å². The van der Waals surface area contributed by atoms with E-state index in [0.717, 1.165) is 36.1 Å². The maximum absolute atomic E-state index is 10.9. The second kappa shape index (κ2) is 7.75. The number of para-hydroxylation sites is 1. The first-order valence-corrected chi connectivity index (χ1v) is 7.53. The van der Waals surface area contributed by atoms with Crippen molar-refractivity contribution in [3.05, 3.63) is 36.5 Å². The first kappa shape index (κ1) is 16.2.